The summed E-state index contributed by atoms with van der Waals surface area (Å²) in [5, 5.41) is 0. The van der Waals surface area contributed by atoms with E-state index in [2.05, 4.69) is 85.0 Å². The lowest BCUT2D eigenvalue weighted by atomic mass is 9.99. The van der Waals surface area contributed by atoms with Gasteiger partial charge in [0, 0.05) is 51.5 Å². The van der Waals surface area contributed by atoms with Crippen molar-refractivity contribution >= 4 is 22.6 Å². The Balaban J connectivity index is 1.46. The second-order valence-electron chi connectivity index (χ2n) is 9.45. The van der Waals surface area contributed by atoms with Crippen LogP contribution in [0.25, 0.3) is 5.57 Å². The van der Waals surface area contributed by atoms with Crippen LogP contribution in [-0.2, 0) is 6.42 Å². The molecule has 1 saturated heterocycles. The van der Waals surface area contributed by atoms with Gasteiger partial charge in [0.1, 0.15) is 0 Å². The molecule has 2 aromatic rings. The van der Waals surface area contributed by atoms with Crippen molar-refractivity contribution in [2.75, 3.05) is 55.3 Å². The number of hydrogen-bond acceptors (Lipinski definition) is 4. The van der Waals surface area contributed by atoms with E-state index in [0.29, 0.717) is 6.04 Å². The number of benzene rings is 2. The van der Waals surface area contributed by atoms with Crippen LogP contribution >= 0.6 is 0 Å². The Kier molecular flexibility index (Phi) is 7.10. The minimum absolute atomic E-state index is 0.707. The molecule has 172 valence electrons. The molecular formula is C28H40N4. The van der Waals surface area contributed by atoms with Crippen LogP contribution < -0.4 is 15.5 Å². The summed E-state index contributed by atoms with van der Waals surface area (Å²) in [7, 11) is 2.25. The first-order chi connectivity index (χ1) is 15.5. The average molecular weight is 433 g/mol. The van der Waals surface area contributed by atoms with Gasteiger partial charge >= 0.3 is 0 Å². The molecule has 1 aliphatic heterocycles. The number of nitrogens with zero attached hydrogens (tertiary/aromatic N) is 3. The largest absolute Gasteiger partial charge is 0.397 e. The van der Waals surface area contributed by atoms with E-state index in [4.69, 9.17) is 5.73 Å². The predicted octanol–water partition coefficient (Wildman–Crippen LogP) is 5.35. The molecule has 2 fully saturated rings. The maximum Gasteiger partial charge on any atom is 0.0621 e. The predicted molar refractivity (Wildman–Crippen MR) is 140 cm³/mol. The molecule has 0 unspecified atom stereocenters. The van der Waals surface area contributed by atoms with E-state index < -0.39 is 0 Å². The minimum Gasteiger partial charge on any atom is -0.397 e. The lowest BCUT2D eigenvalue weighted by Crippen LogP contribution is -2.47. The summed E-state index contributed by atoms with van der Waals surface area (Å²) in [6.45, 7) is 11.9. The summed E-state index contributed by atoms with van der Waals surface area (Å²) in [5.41, 5.74) is 15.6. The number of allylic oxidation sites excluding steroid dienone is 1. The van der Waals surface area contributed by atoms with Gasteiger partial charge in [-0.15, -0.1) is 0 Å². The molecule has 2 aliphatic rings. The SMILES string of the molecule is CC/C=C(/CN1CCN(c2cc(N(C)C3CC3)c(CC)cc2N)CC1)c1ccccc1C. The quantitative estimate of drug-likeness (QED) is 0.570. The molecule has 0 aromatic heterocycles. The van der Waals surface area contributed by atoms with Crippen LogP contribution in [0.15, 0.2) is 42.5 Å². The van der Waals surface area contributed by atoms with Crippen LogP contribution in [0.3, 0.4) is 0 Å². The van der Waals surface area contributed by atoms with Gasteiger partial charge in [0.05, 0.1) is 11.4 Å². The van der Waals surface area contributed by atoms with E-state index in [1.807, 2.05) is 0 Å². The zero-order chi connectivity index (χ0) is 22.7. The second-order valence-corrected chi connectivity index (χ2v) is 9.45. The number of anilines is 3. The Bertz CT molecular complexity index is 952. The highest BCUT2D eigenvalue weighted by Gasteiger charge is 2.29. The fourth-order valence-electron chi connectivity index (χ4n) is 5.01. The van der Waals surface area contributed by atoms with E-state index >= 15 is 0 Å². The molecule has 4 nitrogen and oxygen atoms in total. The highest BCUT2D eigenvalue weighted by atomic mass is 15.3. The van der Waals surface area contributed by atoms with Crippen LogP contribution in [-0.4, -0.2) is 50.7 Å². The van der Waals surface area contributed by atoms with E-state index in [1.54, 1.807) is 0 Å². The van der Waals surface area contributed by atoms with Crippen molar-refractivity contribution in [3.8, 4) is 0 Å². The molecule has 4 rings (SSSR count). The molecule has 0 spiro atoms. The fraction of sp³-hybridized carbons (Fsp3) is 0.500. The van der Waals surface area contributed by atoms with Crippen molar-refractivity contribution in [2.45, 2.75) is 52.5 Å². The molecule has 1 saturated carbocycles. The van der Waals surface area contributed by atoms with Crippen molar-refractivity contribution in [3.05, 3.63) is 59.2 Å². The zero-order valence-corrected chi connectivity index (χ0v) is 20.4. The maximum absolute atomic E-state index is 6.55. The van der Waals surface area contributed by atoms with Crippen LogP contribution in [0.5, 0.6) is 0 Å². The third-order valence-corrected chi connectivity index (χ3v) is 7.13. The van der Waals surface area contributed by atoms with Crippen molar-refractivity contribution in [3.63, 3.8) is 0 Å². The summed E-state index contributed by atoms with van der Waals surface area (Å²) in [5.74, 6) is 0. The standard InChI is InChI=1S/C28H40N4/c1-5-9-23(25-11-8-7-10-21(25)3)20-31-14-16-32(17-15-31)28-19-27(30(4)24-12-13-24)22(6-2)18-26(28)29/h7-11,18-19,24H,5-6,12-17,20,29H2,1-4H3/b23-9-. The number of nitrogens with two attached hydrogens (primary N) is 1. The Morgan fingerprint density at radius 3 is 2.44 bits per heavy atom. The van der Waals surface area contributed by atoms with Gasteiger partial charge in [0.25, 0.3) is 0 Å². The van der Waals surface area contributed by atoms with Crippen LogP contribution in [0.2, 0.25) is 0 Å². The molecule has 4 heteroatoms. The molecule has 1 heterocycles. The maximum atomic E-state index is 6.55. The minimum atomic E-state index is 0.707. The normalized spacial score (nSPS) is 17.6. The number of aryl methyl sites for hydroxylation is 2. The van der Waals surface area contributed by atoms with Crippen LogP contribution in [0, 0.1) is 6.92 Å². The molecule has 0 bridgehead atoms. The summed E-state index contributed by atoms with van der Waals surface area (Å²) < 4.78 is 0. The zero-order valence-electron chi connectivity index (χ0n) is 20.4. The third kappa shape index (κ3) is 4.96. The third-order valence-electron chi connectivity index (χ3n) is 7.13. The molecular weight excluding hydrogens is 392 g/mol. The van der Waals surface area contributed by atoms with Gasteiger partial charge in [-0.25, -0.2) is 0 Å². The fourth-order valence-corrected chi connectivity index (χ4v) is 5.01. The summed E-state index contributed by atoms with van der Waals surface area (Å²) in [4.78, 5) is 7.56. The van der Waals surface area contributed by atoms with Crippen molar-refractivity contribution < 1.29 is 0 Å². The summed E-state index contributed by atoms with van der Waals surface area (Å²) in [6, 6.07) is 14.1. The molecule has 0 radical (unpaired) electrons. The second kappa shape index (κ2) is 9.99. The number of nitrogen functional groups attached to an aromatic ring is 1. The monoisotopic (exact) mass is 432 g/mol. The average Bonchev–Trinajstić information content (AvgIpc) is 3.65. The Morgan fingerprint density at radius 1 is 1.09 bits per heavy atom. The van der Waals surface area contributed by atoms with Crippen molar-refractivity contribution in [1.82, 2.24) is 4.90 Å². The topological polar surface area (TPSA) is 35.7 Å². The van der Waals surface area contributed by atoms with E-state index in [9.17, 15) is 0 Å². The molecule has 1 aliphatic carbocycles. The molecule has 0 atom stereocenters. The van der Waals surface area contributed by atoms with Gasteiger partial charge in [0.2, 0.25) is 0 Å². The smallest absolute Gasteiger partial charge is 0.0621 e. The Morgan fingerprint density at radius 2 is 1.81 bits per heavy atom. The molecule has 2 N–H and O–H groups in total. The lowest BCUT2D eigenvalue weighted by Gasteiger charge is -2.38. The van der Waals surface area contributed by atoms with Gasteiger partial charge in [-0.05, 0) is 67.0 Å². The number of rotatable bonds is 8. The van der Waals surface area contributed by atoms with Crippen molar-refractivity contribution in [2.24, 2.45) is 0 Å². The van der Waals surface area contributed by atoms with E-state index in [1.165, 1.54) is 46.5 Å². The van der Waals surface area contributed by atoms with E-state index in [-0.39, 0.29) is 0 Å². The molecule has 0 amide bonds. The van der Waals surface area contributed by atoms with E-state index in [0.717, 1.165) is 51.3 Å². The Hall–Kier alpha value is -2.46. The highest BCUT2D eigenvalue weighted by molar-refractivity contribution is 5.76. The lowest BCUT2D eigenvalue weighted by molar-refractivity contribution is 0.288. The number of piperazine rings is 1. The van der Waals surface area contributed by atoms with Gasteiger partial charge in [-0.2, -0.15) is 0 Å². The molecule has 2 aromatic carbocycles. The van der Waals surface area contributed by atoms with Crippen molar-refractivity contribution in [1.29, 1.82) is 0 Å². The summed E-state index contributed by atoms with van der Waals surface area (Å²) >= 11 is 0. The van der Waals surface area contributed by atoms with Gasteiger partial charge in [-0.1, -0.05) is 44.2 Å². The first-order valence-corrected chi connectivity index (χ1v) is 12.4. The first-order valence-electron chi connectivity index (χ1n) is 12.4. The van der Waals surface area contributed by atoms with Gasteiger partial charge in [-0.3, -0.25) is 4.90 Å². The highest BCUT2D eigenvalue weighted by Crippen LogP contribution is 2.38. The first kappa shape index (κ1) is 22.7. The van der Waals surface area contributed by atoms with Crippen LogP contribution in [0.1, 0.15) is 49.8 Å². The molecule has 32 heavy (non-hydrogen) atoms. The number of hydrogen-bond donors (Lipinski definition) is 1. The van der Waals surface area contributed by atoms with Crippen LogP contribution in [0.4, 0.5) is 17.1 Å². The van der Waals surface area contributed by atoms with Gasteiger partial charge < -0.3 is 15.5 Å². The Labute approximate surface area is 194 Å². The van der Waals surface area contributed by atoms with Gasteiger partial charge in [0.15, 0.2) is 0 Å². The summed E-state index contributed by atoms with van der Waals surface area (Å²) in [6.07, 6.45) is 7.12.